The van der Waals surface area contributed by atoms with E-state index in [-0.39, 0.29) is 24.8 Å². The monoisotopic (exact) mass is 584 g/mol. The smallest absolute Gasteiger partial charge is 0.0253 e. The van der Waals surface area contributed by atoms with Gasteiger partial charge in [-0.2, -0.15) is 42.0 Å². The minimum Gasteiger partial charge on any atom is -1.00 e. The maximum atomic E-state index is 3.46. The number of rotatable bonds is 3. The Morgan fingerprint density at radius 2 is 1.36 bits per heavy atom. The van der Waals surface area contributed by atoms with Gasteiger partial charge in [-0.1, -0.05) is 71.3 Å². The number of halogens is 2. The van der Waals surface area contributed by atoms with E-state index in [0.29, 0.717) is 5.92 Å². The average Bonchev–Trinajstić information content (AvgIpc) is 3.61. The third kappa shape index (κ3) is 8.04. The summed E-state index contributed by atoms with van der Waals surface area (Å²) < 4.78 is 2.29. The number of hydrogen-bond donors (Lipinski definition) is 0. The van der Waals surface area contributed by atoms with Crippen molar-refractivity contribution in [1.29, 1.82) is 0 Å². The van der Waals surface area contributed by atoms with Crippen LogP contribution in [0, 0.1) is 6.07 Å². The van der Waals surface area contributed by atoms with Gasteiger partial charge >= 0.3 is 76.7 Å². The summed E-state index contributed by atoms with van der Waals surface area (Å²) in [4.78, 5) is 0. The molecule has 180 valence electrons. The molecule has 0 aliphatic heterocycles. The third-order valence-corrected chi connectivity index (χ3v) is 7.17. The van der Waals surface area contributed by atoms with Gasteiger partial charge in [-0.3, -0.25) is 0 Å². The molecule has 0 N–H and O–H groups in total. The molecule has 3 heteroatoms. The molecule has 1 unspecified atom stereocenters. The van der Waals surface area contributed by atoms with Crippen LogP contribution in [0.3, 0.4) is 0 Å². The third-order valence-electron chi connectivity index (χ3n) is 5.94. The second-order valence-corrected chi connectivity index (χ2v) is 9.13. The summed E-state index contributed by atoms with van der Waals surface area (Å²) in [6, 6.07) is 47.6. The predicted octanol–water partition coefficient (Wildman–Crippen LogP) is 2.28. The molecule has 0 saturated carbocycles. The summed E-state index contributed by atoms with van der Waals surface area (Å²) in [6.45, 7) is 2.23. The Bertz CT molecular complexity index is 1280. The molecule has 1 aliphatic carbocycles. The van der Waals surface area contributed by atoms with Crippen molar-refractivity contribution in [2.75, 3.05) is 0 Å². The molecule has 5 aromatic rings. The van der Waals surface area contributed by atoms with Crippen LogP contribution in [0.5, 0.6) is 0 Å². The quantitative estimate of drug-likeness (QED) is 0.280. The van der Waals surface area contributed by atoms with Gasteiger partial charge in [0.1, 0.15) is 0 Å². The van der Waals surface area contributed by atoms with Crippen molar-refractivity contribution in [3.05, 3.63) is 150 Å². The van der Waals surface area contributed by atoms with Crippen LogP contribution in [-0.2, 0) is 30.7 Å². The standard InChI is InChI=1S/C19H13.C9H10.C5H5.2ClH.Zr/c1-2-6-14(7-3-1)15-10-11-17-12-16-8-4-5-9-18(16)19(17)13-15;1-8(2)9-6-4-3-5-7-9;1-2-4-5-3-1;;;/h1-10,13H,12H2;1,3-8H,2H3;1-5H;2*1H;/q-1;;-1;;;+2/p-2. The molecule has 0 amide bonds. The molecule has 1 atom stereocenters. The molecule has 0 radical (unpaired) electrons. The first-order valence-electron chi connectivity index (χ1n) is 11.7. The first-order chi connectivity index (χ1) is 16.8. The fraction of sp³-hybridized carbons (Fsp3) is 0.0909. The summed E-state index contributed by atoms with van der Waals surface area (Å²) in [7, 11) is 0. The van der Waals surface area contributed by atoms with Crippen LogP contribution in [0.4, 0.5) is 0 Å². The Labute approximate surface area is 242 Å². The van der Waals surface area contributed by atoms with E-state index in [1.54, 1.807) is 0 Å². The van der Waals surface area contributed by atoms with E-state index in [4.69, 9.17) is 0 Å². The van der Waals surface area contributed by atoms with E-state index in [0.717, 1.165) is 6.42 Å². The van der Waals surface area contributed by atoms with E-state index in [1.807, 2.05) is 30.3 Å². The molecule has 6 rings (SSSR count). The SMILES string of the molecule is CC([CH]=[Zr+2])c1ccccc1.[Cl-].[Cl-].[c-]1cc(-c2ccccc2)cc2c1Cc1ccccc1-2.c1cc[cH-]c1. The van der Waals surface area contributed by atoms with Gasteiger partial charge in [-0.25, -0.2) is 12.1 Å². The van der Waals surface area contributed by atoms with Gasteiger partial charge in [0.2, 0.25) is 0 Å². The van der Waals surface area contributed by atoms with Crippen molar-refractivity contribution in [3.63, 3.8) is 0 Å². The van der Waals surface area contributed by atoms with Crippen LogP contribution < -0.4 is 24.8 Å². The fourth-order valence-electron chi connectivity index (χ4n) is 4.01. The Hall–Kier alpha value is -2.44. The summed E-state index contributed by atoms with van der Waals surface area (Å²) in [5.41, 5.74) is 9.37. The molecule has 0 fully saturated rings. The molecule has 0 nitrogen and oxygen atoms in total. The Balaban J connectivity index is 0.000000227. The minimum absolute atomic E-state index is 0. The van der Waals surface area contributed by atoms with E-state index in [2.05, 4.69) is 114 Å². The van der Waals surface area contributed by atoms with Crippen molar-refractivity contribution >= 4 is 3.71 Å². The maximum Gasteiger partial charge on any atom is -0.0253 e. The summed E-state index contributed by atoms with van der Waals surface area (Å²) in [6.07, 6.45) is 1.01. The first-order valence-corrected chi connectivity index (χ1v) is 13.1. The topological polar surface area (TPSA) is 0 Å². The second-order valence-electron chi connectivity index (χ2n) is 8.31. The molecule has 0 spiro atoms. The zero-order valence-corrected chi connectivity index (χ0v) is 24.2. The molecule has 0 saturated heterocycles. The van der Waals surface area contributed by atoms with Crippen LogP contribution in [0.15, 0.2) is 127 Å². The zero-order valence-electron chi connectivity index (χ0n) is 20.2. The Kier molecular flexibility index (Phi) is 12.9. The minimum atomic E-state index is 0. The summed E-state index contributed by atoms with van der Waals surface area (Å²) in [5, 5.41) is 0. The van der Waals surface area contributed by atoms with Crippen LogP contribution in [0.1, 0.15) is 29.5 Å². The van der Waals surface area contributed by atoms with E-state index in [1.165, 1.54) is 63.2 Å². The largest absolute Gasteiger partial charge is 1.00 e. The number of fused-ring (bicyclic) bond motifs is 3. The van der Waals surface area contributed by atoms with Gasteiger partial charge in [0.05, 0.1) is 0 Å². The van der Waals surface area contributed by atoms with Gasteiger partial charge in [0, 0.05) is 0 Å². The van der Waals surface area contributed by atoms with Crippen molar-refractivity contribution in [1.82, 2.24) is 0 Å². The van der Waals surface area contributed by atoms with E-state index in [9.17, 15) is 0 Å². The molecular weight excluding hydrogens is 558 g/mol. The van der Waals surface area contributed by atoms with E-state index < -0.39 is 0 Å². The van der Waals surface area contributed by atoms with Gasteiger partial charge in [0.15, 0.2) is 0 Å². The van der Waals surface area contributed by atoms with Crippen molar-refractivity contribution in [2.45, 2.75) is 19.3 Å². The van der Waals surface area contributed by atoms with Gasteiger partial charge < -0.3 is 24.8 Å². The predicted molar refractivity (Wildman–Crippen MR) is 142 cm³/mol. The molecule has 36 heavy (non-hydrogen) atoms. The number of hydrogen-bond acceptors (Lipinski definition) is 0. The Morgan fingerprint density at radius 1 is 0.750 bits per heavy atom. The molecule has 0 bridgehead atoms. The molecular formula is C33H28Cl2Zr-2. The second kappa shape index (κ2) is 15.6. The van der Waals surface area contributed by atoms with Crippen molar-refractivity contribution < 1.29 is 49.0 Å². The van der Waals surface area contributed by atoms with Crippen molar-refractivity contribution in [3.8, 4) is 22.3 Å². The average molecular weight is 587 g/mol. The van der Waals surface area contributed by atoms with Gasteiger partial charge in [-0.15, -0.1) is 11.1 Å². The van der Waals surface area contributed by atoms with Crippen LogP contribution in [0.25, 0.3) is 22.3 Å². The molecule has 5 aromatic carbocycles. The maximum absolute atomic E-state index is 3.46. The van der Waals surface area contributed by atoms with Crippen LogP contribution in [-0.4, -0.2) is 3.71 Å². The normalized spacial score (nSPS) is 11.0. The summed E-state index contributed by atoms with van der Waals surface area (Å²) >= 11 is 1.50. The van der Waals surface area contributed by atoms with Crippen LogP contribution in [0.2, 0.25) is 0 Å². The first kappa shape index (κ1) is 29.8. The molecule has 1 aliphatic rings. The zero-order chi connectivity index (χ0) is 23.6. The van der Waals surface area contributed by atoms with Gasteiger partial charge in [0.25, 0.3) is 0 Å². The summed E-state index contributed by atoms with van der Waals surface area (Å²) in [5.74, 6) is 0.624. The van der Waals surface area contributed by atoms with Crippen molar-refractivity contribution in [2.24, 2.45) is 0 Å². The Morgan fingerprint density at radius 3 is 1.97 bits per heavy atom. The molecule has 0 heterocycles. The number of benzene rings is 4. The van der Waals surface area contributed by atoms with E-state index >= 15 is 0 Å². The fourth-order valence-corrected chi connectivity index (χ4v) is 4.49. The van der Waals surface area contributed by atoms with Gasteiger partial charge in [-0.05, 0) is 6.42 Å². The molecule has 0 aromatic heterocycles. The van der Waals surface area contributed by atoms with Crippen LogP contribution >= 0.6 is 0 Å².